The van der Waals surface area contributed by atoms with Crippen molar-refractivity contribution in [1.29, 1.82) is 0 Å². The molecule has 1 saturated carbocycles. The Labute approximate surface area is 143 Å². The Kier molecular flexibility index (Phi) is 4.52. The molecule has 2 nitrogen and oxygen atoms in total. The molecule has 2 fully saturated rings. The van der Waals surface area contributed by atoms with Crippen LogP contribution < -0.4 is 4.74 Å². The van der Waals surface area contributed by atoms with E-state index in [1.54, 1.807) is 12.1 Å². The quantitative estimate of drug-likeness (QED) is 0.733. The average molecular weight is 325 g/mol. The second-order valence-electron chi connectivity index (χ2n) is 7.09. The minimum absolute atomic E-state index is 0.138. The molecule has 2 aliphatic rings. The molecule has 24 heavy (non-hydrogen) atoms. The van der Waals surface area contributed by atoms with Crippen molar-refractivity contribution in [2.75, 3.05) is 26.2 Å². The van der Waals surface area contributed by atoms with Gasteiger partial charge in [-0.3, -0.25) is 0 Å². The molecule has 3 heteroatoms. The largest absolute Gasteiger partial charge is 0.494 e. The molecule has 0 aromatic heterocycles. The summed E-state index contributed by atoms with van der Waals surface area (Å²) in [6.45, 7) is 4.28. The molecular weight excluding hydrogens is 301 g/mol. The first-order valence-electron chi connectivity index (χ1n) is 8.95. The van der Waals surface area contributed by atoms with Crippen molar-refractivity contribution in [1.82, 2.24) is 4.90 Å². The van der Waals surface area contributed by atoms with Gasteiger partial charge in [-0.25, -0.2) is 4.39 Å². The number of halogens is 1. The Hall–Kier alpha value is -1.87. The molecule has 1 aliphatic heterocycles. The summed E-state index contributed by atoms with van der Waals surface area (Å²) in [4.78, 5) is 2.58. The summed E-state index contributed by atoms with van der Waals surface area (Å²) >= 11 is 0. The molecule has 126 valence electrons. The molecule has 0 amide bonds. The Balaban J connectivity index is 1.22. The average Bonchev–Trinajstić information content (AvgIpc) is 2.91. The van der Waals surface area contributed by atoms with Crippen molar-refractivity contribution in [3.8, 4) is 5.75 Å². The fourth-order valence-corrected chi connectivity index (χ4v) is 4.27. The van der Waals surface area contributed by atoms with Crippen LogP contribution in [0.4, 0.5) is 4.39 Å². The highest BCUT2D eigenvalue weighted by Gasteiger charge is 2.47. The lowest BCUT2D eigenvalue weighted by molar-refractivity contribution is 0.191. The van der Waals surface area contributed by atoms with Crippen molar-refractivity contribution in [3.63, 3.8) is 0 Å². The van der Waals surface area contributed by atoms with Crippen molar-refractivity contribution in [2.24, 2.45) is 11.8 Å². The SMILES string of the molecule is Fc1ccc(C2CC3CN(CCCOc4ccccc4)CC32)cc1. The number of fused-ring (bicyclic) bond motifs is 1. The van der Waals surface area contributed by atoms with E-state index >= 15 is 0 Å². The van der Waals surface area contributed by atoms with Gasteiger partial charge in [0.25, 0.3) is 0 Å². The van der Waals surface area contributed by atoms with Crippen LogP contribution in [-0.2, 0) is 0 Å². The zero-order chi connectivity index (χ0) is 16.4. The monoisotopic (exact) mass is 325 g/mol. The van der Waals surface area contributed by atoms with Gasteiger partial charge in [0.05, 0.1) is 6.61 Å². The van der Waals surface area contributed by atoms with Crippen LogP contribution in [-0.4, -0.2) is 31.1 Å². The Morgan fingerprint density at radius 2 is 1.79 bits per heavy atom. The number of ether oxygens (including phenoxy) is 1. The number of hydrogen-bond acceptors (Lipinski definition) is 2. The van der Waals surface area contributed by atoms with Crippen LogP contribution in [0.5, 0.6) is 5.75 Å². The summed E-state index contributed by atoms with van der Waals surface area (Å²) in [6.07, 6.45) is 2.32. The fourth-order valence-electron chi connectivity index (χ4n) is 4.27. The van der Waals surface area contributed by atoms with Crippen LogP contribution >= 0.6 is 0 Å². The molecule has 0 N–H and O–H groups in total. The number of benzene rings is 2. The molecule has 1 saturated heterocycles. The summed E-state index contributed by atoms with van der Waals surface area (Å²) in [5, 5.41) is 0. The summed E-state index contributed by atoms with van der Waals surface area (Å²) in [5.41, 5.74) is 1.31. The first-order valence-corrected chi connectivity index (χ1v) is 8.95. The number of likely N-dealkylation sites (tertiary alicyclic amines) is 1. The van der Waals surface area contributed by atoms with E-state index < -0.39 is 0 Å². The lowest BCUT2D eigenvalue weighted by Crippen LogP contribution is -2.33. The standard InChI is InChI=1S/C21H24FNO/c22-18-9-7-16(8-10-18)20-13-17-14-23(15-21(17)20)11-4-12-24-19-5-2-1-3-6-19/h1-3,5-10,17,20-21H,4,11-15H2. The van der Waals surface area contributed by atoms with Gasteiger partial charge in [-0.15, -0.1) is 0 Å². The molecule has 0 radical (unpaired) electrons. The summed E-state index contributed by atoms with van der Waals surface area (Å²) < 4.78 is 18.9. The predicted octanol–water partition coefficient (Wildman–Crippen LogP) is 4.33. The van der Waals surface area contributed by atoms with Crippen LogP contribution in [0.2, 0.25) is 0 Å². The third kappa shape index (κ3) is 3.32. The van der Waals surface area contributed by atoms with Gasteiger partial charge in [0.1, 0.15) is 11.6 Å². The van der Waals surface area contributed by atoms with Gasteiger partial charge in [0.2, 0.25) is 0 Å². The van der Waals surface area contributed by atoms with E-state index in [2.05, 4.69) is 4.90 Å². The summed E-state index contributed by atoms with van der Waals surface area (Å²) in [7, 11) is 0. The smallest absolute Gasteiger partial charge is 0.123 e. The third-order valence-electron chi connectivity index (χ3n) is 5.57. The van der Waals surface area contributed by atoms with Crippen molar-refractivity contribution in [3.05, 3.63) is 66.0 Å². The highest BCUT2D eigenvalue weighted by Crippen LogP contribution is 2.51. The normalized spacial score (nSPS) is 26.0. The number of hydrogen-bond donors (Lipinski definition) is 0. The van der Waals surface area contributed by atoms with Gasteiger partial charge in [0, 0.05) is 19.6 Å². The van der Waals surface area contributed by atoms with Crippen LogP contribution in [0.25, 0.3) is 0 Å². The minimum Gasteiger partial charge on any atom is -0.494 e. The van der Waals surface area contributed by atoms with E-state index in [4.69, 9.17) is 4.74 Å². The van der Waals surface area contributed by atoms with Crippen molar-refractivity contribution < 1.29 is 9.13 Å². The molecule has 3 unspecified atom stereocenters. The number of rotatable bonds is 6. The number of para-hydroxylation sites is 1. The first-order chi connectivity index (χ1) is 11.8. The molecule has 4 rings (SSSR count). The Bertz CT molecular complexity index is 657. The lowest BCUT2D eigenvalue weighted by Gasteiger charge is -2.40. The van der Waals surface area contributed by atoms with Gasteiger partial charge >= 0.3 is 0 Å². The van der Waals surface area contributed by atoms with E-state index in [-0.39, 0.29) is 5.82 Å². The molecule has 0 bridgehead atoms. The maximum atomic E-state index is 13.1. The second-order valence-corrected chi connectivity index (χ2v) is 7.09. The fraction of sp³-hybridized carbons (Fsp3) is 0.429. The van der Waals surface area contributed by atoms with Crippen LogP contribution in [0, 0.1) is 17.7 Å². The van der Waals surface area contributed by atoms with Gasteiger partial charge < -0.3 is 9.64 Å². The van der Waals surface area contributed by atoms with Crippen molar-refractivity contribution in [2.45, 2.75) is 18.8 Å². The number of nitrogens with zero attached hydrogens (tertiary/aromatic N) is 1. The first kappa shape index (κ1) is 15.6. The topological polar surface area (TPSA) is 12.5 Å². The molecule has 1 heterocycles. The van der Waals surface area contributed by atoms with Crippen molar-refractivity contribution >= 4 is 0 Å². The highest BCUT2D eigenvalue weighted by molar-refractivity contribution is 5.25. The van der Waals surface area contributed by atoms with Gasteiger partial charge in [-0.2, -0.15) is 0 Å². The predicted molar refractivity (Wildman–Crippen MR) is 93.7 cm³/mol. The summed E-state index contributed by atoms with van der Waals surface area (Å²) in [5.74, 6) is 3.03. The van der Waals surface area contributed by atoms with Crippen LogP contribution in [0.3, 0.4) is 0 Å². The van der Waals surface area contributed by atoms with E-state index in [1.165, 1.54) is 25.1 Å². The van der Waals surface area contributed by atoms with Crippen LogP contribution in [0.15, 0.2) is 54.6 Å². The molecule has 2 aromatic carbocycles. The molecular formula is C21H24FNO. The minimum atomic E-state index is -0.138. The maximum absolute atomic E-state index is 13.1. The molecule has 3 atom stereocenters. The molecule has 0 spiro atoms. The highest BCUT2D eigenvalue weighted by atomic mass is 19.1. The Morgan fingerprint density at radius 3 is 2.58 bits per heavy atom. The van der Waals surface area contributed by atoms with Gasteiger partial charge in [-0.05, 0) is 60.4 Å². The molecule has 1 aliphatic carbocycles. The Morgan fingerprint density at radius 1 is 1.00 bits per heavy atom. The maximum Gasteiger partial charge on any atom is 0.123 e. The van der Waals surface area contributed by atoms with Crippen LogP contribution in [0.1, 0.15) is 24.3 Å². The second kappa shape index (κ2) is 6.94. The van der Waals surface area contributed by atoms with E-state index in [9.17, 15) is 4.39 Å². The molecule has 2 aromatic rings. The lowest BCUT2D eigenvalue weighted by atomic mass is 9.64. The van der Waals surface area contributed by atoms with E-state index in [1.807, 2.05) is 42.5 Å². The van der Waals surface area contributed by atoms with E-state index in [0.29, 0.717) is 5.92 Å². The zero-order valence-corrected chi connectivity index (χ0v) is 13.9. The van der Waals surface area contributed by atoms with Gasteiger partial charge in [-0.1, -0.05) is 30.3 Å². The zero-order valence-electron chi connectivity index (χ0n) is 13.9. The third-order valence-corrected chi connectivity index (χ3v) is 5.57. The van der Waals surface area contributed by atoms with E-state index in [0.717, 1.165) is 37.2 Å². The summed E-state index contributed by atoms with van der Waals surface area (Å²) in [6, 6.07) is 17.1. The van der Waals surface area contributed by atoms with Gasteiger partial charge in [0.15, 0.2) is 0 Å².